The van der Waals surface area contributed by atoms with Gasteiger partial charge in [0.1, 0.15) is 0 Å². The number of amides is 1. The van der Waals surface area contributed by atoms with Crippen molar-refractivity contribution >= 4 is 38.3 Å². The Hall–Kier alpha value is -3.77. The van der Waals surface area contributed by atoms with E-state index < -0.39 is 0 Å². The lowest BCUT2D eigenvalue weighted by molar-refractivity contribution is 0.101. The molecule has 1 heterocycles. The van der Waals surface area contributed by atoms with Crippen molar-refractivity contribution < 1.29 is 4.79 Å². The molecule has 156 valence electrons. The number of rotatable bonds is 4. The third-order valence-corrected chi connectivity index (χ3v) is 5.76. The smallest absolute Gasteiger partial charge is 0.295 e. The minimum absolute atomic E-state index is 0.108. The number of benzene rings is 4. The van der Waals surface area contributed by atoms with Crippen molar-refractivity contribution in [1.82, 2.24) is 14.8 Å². The molecule has 0 radical (unpaired) electrons. The van der Waals surface area contributed by atoms with Crippen LogP contribution in [0, 0.1) is 6.92 Å². The number of fused-ring (bicyclic) bond motifs is 1. The second-order valence-corrected chi connectivity index (χ2v) is 8.41. The molecule has 0 bridgehead atoms. The Morgan fingerprint density at radius 3 is 2.38 bits per heavy atom. The summed E-state index contributed by atoms with van der Waals surface area (Å²) in [4.78, 5) is 17.7. The number of hydrogen-bond acceptors (Lipinski definition) is 3. The van der Waals surface area contributed by atoms with E-state index in [4.69, 9.17) is 0 Å². The molecule has 4 aromatic carbocycles. The van der Waals surface area contributed by atoms with Gasteiger partial charge in [-0.15, -0.1) is 5.10 Å². The summed E-state index contributed by atoms with van der Waals surface area (Å²) < 4.78 is 2.68. The first-order chi connectivity index (χ1) is 15.6. The highest BCUT2D eigenvalue weighted by molar-refractivity contribution is 9.10. The van der Waals surface area contributed by atoms with Gasteiger partial charge in [-0.05, 0) is 42.6 Å². The minimum atomic E-state index is -0.356. The number of aryl methyl sites for hydroxylation is 1. The molecule has 6 heteroatoms. The molecule has 1 aromatic heterocycles. The fraction of sp³-hybridized carbons (Fsp3) is 0.0385. The van der Waals surface area contributed by atoms with E-state index in [1.54, 1.807) is 4.68 Å². The summed E-state index contributed by atoms with van der Waals surface area (Å²) in [5, 5.41) is 9.57. The monoisotopic (exact) mass is 482 g/mol. The topological polar surface area (TPSA) is 59.8 Å². The standard InChI is InChI=1S/C26H19BrN4O/c1-17-9-15-21(16-10-17)31-25(19-11-13-20(27)14-12-19)29-24(30-31)26(32)28-23-8-4-6-18-5-2-3-7-22(18)23/h2-16H,1H3,(H,28,32). The molecule has 5 rings (SSSR count). The second kappa shape index (κ2) is 8.40. The Labute approximate surface area is 193 Å². The average molecular weight is 483 g/mol. The number of carbonyl (C=O) groups excluding carboxylic acids is 1. The number of anilines is 1. The molecule has 5 nitrogen and oxygen atoms in total. The molecule has 5 aromatic rings. The first-order valence-electron chi connectivity index (χ1n) is 10.2. The van der Waals surface area contributed by atoms with E-state index in [1.165, 1.54) is 0 Å². The molecule has 32 heavy (non-hydrogen) atoms. The quantitative estimate of drug-likeness (QED) is 0.321. The third kappa shape index (κ3) is 3.92. The van der Waals surface area contributed by atoms with Gasteiger partial charge in [0, 0.05) is 21.1 Å². The third-order valence-electron chi connectivity index (χ3n) is 5.23. The Balaban J connectivity index is 1.56. The SMILES string of the molecule is Cc1ccc(-n2nc(C(=O)Nc3cccc4ccccc34)nc2-c2ccc(Br)cc2)cc1. The van der Waals surface area contributed by atoms with Gasteiger partial charge in [0.2, 0.25) is 5.82 Å². The maximum absolute atomic E-state index is 13.1. The highest BCUT2D eigenvalue weighted by Crippen LogP contribution is 2.26. The van der Waals surface area contributed by atoms with E-state index in [0.717, 1.165) is 37.7 Å². The van der Waals surface area contributed by atoms with Gasteiger partial charge in [-0.1, -0.05) is 82.2 Å². The zero-order valence-electron chi connectivity index (χ0n) is 17.3. The van der Waals surface area contributed by atoms with E-state index in [2.05, 4.69) is 31.3 Å². The molecule has 0 spiro atoms. The van der Waals surface area contributed by atoms with Crippen LogP contribution in [0.1, 0.15) is 16.2 Å². The van der Waals surface area contributed by atoms with Crippen LogP contribution in [0.15, 0.2) is 95.5 Å². The Morgan fingerprint density at radius 1 is 0.875 bits per heavy atom. The lowest BCUT2D eigenvalue weighted by Gasteiger charge is -2.07. The van der Waals surface area contributed by atoms with E-state index in [9.17, 15) is 4.79 Å². The molecule has 0 aliphatic heterocycles. The van der Waals surface area contributed by atoms with E-state index in [-0.39, 0.29) is 11.7 Å². The van der Waals surface area contributed by atoms with Gasteiger partial charge in [-0.3, -0.25) is 4.79 Å². The number of halogens is 1. The van der Waals surface area contributed by atoms with Crippen molar-refractivity contribution in [2.75, 3.05) is 5.32 Å². The summed E-state index contributed by atoms with van der Waals surface area (Å²) >= 11 is 3.47. The lowest BCUT2D eigenvalue weighted by atomic mass is 10.1. The lowest BCUT2D eigenvalue weighted by Crippen LogP contribution is -2.14. The number of carbonyl (C=O) groups is 1. The first kappa shape index (κ1) is 20.2. The van der Waals surface area contributed by atoms with Crippen LogP contribution in [0.3, 0.4) is 0 Å². The van der Waals surface area contributed by atoms with Crippen LogP contribution in [-0.4, -0.2) is 20.7 Å². The second-order valence-electron chi connectivity index (χ2n) is 7.49. The van der Waals surface area contributed by atoms with Crippen LogP contribution in [0.5, 0.6) is 0 Å². The van der Waals surface area contributed by atoms with Gasteiger partial charge in [-0.25, -0.2) is 9.67 Å². The molecule has 0 saturated carbocycles. The zero-order chi connectivity index (χ0) is 22.1. The summed E-state index contributed by atoms with van der Waals surface area (Å²) in [6.45, 7) is 2.03. The summed E-state index contributed by atoms with van der Waals surface area (Å²) in [5.41, 5.74) is 3.58. The van der Waals surface area contributed by atoms with Crippen molar-refractivity contribution in [3.8, 4) is 17.1 Å². The fourth-order valence-electron chi connectivity index (χ4n) is 3.57. The summed E-state index contributed by atoms with van der Waals surface area (Å²) in [6, 6.07) is 29.5. The molecular formula is C26H19BrN4O. The normalized spacial score (nSPS) is 10.9. The van der Waals surface area contributed by atoms with Gasteiger partial charge in [0.15, 0.2) is 5.82 Å². The molecule has 0 unspecified atom stereocenters. The number of aromatic nitrogens is 3. The van der Waals surface area contributed by atoms with E-state index >= 15 is 0 Å². The summed E-state index contributed by atoms with van der Waals surface area (Å²) in [7, 11) is 0. The number of nitrogens with one attached hydrogen (secondary N) is 1. The predicted octanol–water partition coefficient (Wildman–Crippen LogP) is 6.41. The fourth-order valence-corrected chi connectivity index (χ4v) is 3.84. The molecule has 0 atom stereocenters. The van der Waals surface area contributed by atoms with Crippen LogP contribution in [0.2, 0.25) is 0 Å². The van der Waals surface area contributed by atoms with E-state index in [1.807, 2.05) is 97.9 Å². The molecule has 1 amide bonds. The van der Waals surface area contributed by atoms with Crippen molar-refractivity contribution in [2.24, 2.45) is 0 Å². The number of nitrogens with zero attached hydrogens (tertiary/aromatic N) is 3. The zero-order valence-corrected chi connectivity index (χ0v) is 18.9. The predicted molar refractivity (Wildman–Crippen MR) is 131 cm³/mol. The Kier molecular flexibility index (Phi) is 5.29. The van der Waals surface area contributed by atoms with Crippen LogP contribution >= 0.6 is 15.9 Å². The van der Waals surface area contributed by atoms with Gasteiger partial charge >= 0.3 is 0 Å². The average Bonchev–Trinajstić information content (AvgIpc) is 3.26. The van der Waals surface area contributed by atoms with Crippen molar-refractivity contribution in [2.45, 2.75) is 6.92 Å². The minimum Gasteiger partial charge on any atom is -0.319 e. The van der Waals surface area contributed by atoms with Crippen molar-refractivity contribution in [3.63, 3.8) is 0 Å². The first-order valence-corrected chi connectivity index (χ1v) is 11.0. The molecule has 1 N–H and O–H groups in total. The van der Waals surface area contributed by atoms with Crippen molar-refractivity contribution in [1.29, 1.82) is 0 Å². The van der Waals surface area contributed by atoms with Crippen LogP contribution in [0.4, 0.5) is 5.69 Å². The summed E-state index contributed by atoms with van der Waals surface area (Å²) in [6.07, 6.45) is 0. The van der Waals surface area contributed by atoms with Gasteiger partial charge in [0.05, 0.1) is 5.69 Å². The highest BCUT2D eigenvalue weighted by atomic mass is 79.9. The molecule has 0 aliphatic carbocycles. The molecule has 0 saturated heterocycles. The van der Waals surface area contributed by atoms with Crippen LogP contribution in [0.25, 0.3) is 27.8 Å². The van der Waals surface area contributed by atoms with Crippen molar-refractivity contribution in [3.05, 3.63) is 107 Å². The summed E-state index contributed by atoms with van der Waals surface area (Å²) in [5.74, 6) is 0.353. The Morgan fingerprint density at radius 2 is 1.59 bits per heavy atom. The largest absolute Gasteiger partial charge is 0.319 e. The van der Waals surface area contributed by atoms with Gasteiger partial charge in [0.25, 0.3) is 5.91 Å². The Bertz CT molecular complexity index is 1350. The number of hydrogen-bond donors (Lipinski definition) is 1. The highest BCUT2D eigenvalue weighted by Gasteiger charge is 2.19. The van der Waals surface area contributed by atoms with E-state index in [0.29, 0.717) is 5.82 Å². The molecule has 0 aliphatic rings. The van der Waals surface area contributed by atoms with Crippen LogP contribution < -0.4 is 5.32 Å². The maximum Gasteiger partial charge on any atom is 0.295 e. The van der Waals surface area contributed by atoms with Gasteiger partial charge < -0.3 is 5.32 Å². The molecule has 0 fully saturated rings. The van der Waals surface area contributed by atoms with Crippen LogP contribution in [-0.2, 0) is 0 Å². The maximum atomic E-state index is 13.1. The van der Waals surface area contributed by atoms with Gasteiger partial charge in [-0.2, -0.15) is 0 Å². The molecular weight excluding hydrogens is 464 g/mol.